The van der Waals surface area contributed by atoms with Crippen LogP contribution in [0.4, 0.5) is 14.6 Å². The van der Waals surface area contributed by atoms with Crippen LogP contribution >= 0.6 is 0 Å². The minimum atomic E-state index is -2.96. The molecule has 0 fully saturated rings. The van der Waals surface area contributed by atoms with E-state index in [1.165, 1.54) is 24.3 Å². The van der Waals surface area contributed by atoms with Gasteiger partial charge in [0.1, 0.15) is 5.69 Å². The fourth-order valence-corrected chi connectivity index (χ4v) is 1.80. The largest absolute Gasteiger partial charge is 0.691 e. The number of nitrogens with zero attached hydrogens (tertiary/aromatic N) is 2. The third-order valence-corrected chi connectivity index (χ3v) is 2.86. The van der Waals surface area contributed by atoms with E-state index < -0.39 is 6.61 Å². The highest BCUT2D eigenvalue weighted by atomic mass is 19.3. The summed E-state index contributed by atoms with van der Waals surface area (Å²) in [5.41, 5.74) is 6.28. The number of hydrogen-bond donors (Lipinski definition) is 1. The Bertz CT molecular complexity index is 681. The van der Waals surface area contributed by atoms with Crippen molar-refractivity contribution in [2.45, 2.75) is 20.5 Å². The normalized spacial score (nSPS) is 11.0. The zero-order valence-electron chi connectivity index (χ0n) is 12.7. The van der Waals surface area contributed by atoms with E-state index in [0.29, 0.717) is 17.9 Å². The molecule has 2 N–H and O–H groups in total. The second kappa shape index (κ2) is 7.08. The summed E-state index contributed by atoms with van der Waals surface area (Å²) < 4.78 is 34.9. The van der Waals surface area contributed by atoms with Crippen molar-refractivity contribution in [2.75, 3.05) is 12.3 Å². The molecule has 0 aliphatic carbocycles. The zero-order valence-corrected chi connectivity index (χ0v) is 12.7. The van der Waals surface area contributed by atoms with Crippen molar-refractivity contribution in [3.8, 4) is 22.8 Å². The molecule has 8 heteroatoms. The minimum Gasteiger partial charge on any atom is -0.691 e. The summed E-state index contributed by atoms with van der Waals surface area (Å²) in [6.07, 6.45) is 0. The van der Waals surface area contributed by atoms with Crippen LogP contribution < -0.4 is 20.1 Å². The topological polar surface area (TPSA) is 84.3 Å². The molecule has 0 saturated carbocycles. The van der Waals surface area contributed by atoms with Gasteiger partial charge in [0.2, 0.25) is 0 Å². The van der Waals surface area contributed by atoms with E-state index in [9.17, 15) is 14.0 Å². The smallest absolute Gasteiger partial charge is 0.387 e. The molecule has 0 saturated heterocycles. The van der Waals surface area contributed by atoms with Crippen molar-refractivity contribution in [1.82, 2.24) is 5.10 Å². The first kappa shape index (κ1) is 16.7. The van der Waals surface area contributed by atoms with Gasteiger partial charge in [0.15, 0.2) is 11.5 Å². The van der Waals surface area contributed by atoms with E-state index in [2.05, 4.69) is 9.84 Å². The van der Waals surface area contributed by atoms with E-state index in [0.717, 1.165) is 0 Å². The molecule has 2 aromatic rings. The monoisotopic (exact) mass is 325 g/mol. The number of anilines is 1. The first-order chi connectivity index (χ1) is 10.9. The van der Waals surface area contributed by atoms with Gasteiger partial charge >= 0.3 is 6.61 Å². The second-order valence-corrected chi connectivity index (χ2v) is 5.26. The molecular formula is C15H17F2N3O3. The Hall–Kier alpha value is -2.64. The van der Waals surface area contributed by atoms with Crippen LogP contribution in [0, 0.1) is 11.1 Å². The fraction of sp³-hybridized carbons (Fsp3) is 0.333. The first-order valence-electron chi connectivity index (χ1n) is 6.95. The third-order valence-electron chi connectivity index (χ3n) is 2.86. The number of rotatable bonds is 6. The standard InChI is InChI=1S/C15H17F2N3O3/c1-9(2)8-22-13-7-10(3-5-12(13)23-15(16)17)11-4-6-14(18)20(21)19-11/h3-7,9,15H,8,18H2,1-2H3. The lowest BCUT2D eigenvalue weighted by Gasteiger charge is -2.15. The van der Waals surface area contributed by atoms with Crippen LogP contribution in [0.2, 0.25) is 0 Å². The van der Waals surface area contributed by atoms with Gasteiger partial charge in [-0.15, -0.1) is 4.85 Å². The van der Waals surface area contributed by atoms with Gasteiger partial charge in [-0.25, -0.2) is 0 Å². The average molecular weight is 325 g/mol. The van der Waals surface area contributed by atoms with E-state index >= 15 is 0 Å². The van der Waals surface area contributed by atoms with Gasteiger partial charge < -0.3 is 14.7 Å². The Morgan fingerprint density at radius 3 is 2.57 bits per heavy atom. The van der Waals surface area contributed by atoms with Crippen molar-refractivity contribution in [2.24, 2.45) is 5.92 Å². The number of halogens is 2. The Labute approximate surface area is 132 Å². The Balaban J connectivity index is 2.37. The lowest BCUT2D eigenvalue weighted by atomic mass is 10.1. The Kier molecular flexibility index (Phi) is 5.15. The molecule has 1 aromatic carbocycles. The predicted molar refractivity (Wildman–Crippen MR) is 80.0 cm³/mol. The highest BCUT2D eigenvalue weighted by Gasteiger charge is 2.14. The summed E-state index contributed by atoms with van der Waals surface area (Å²) in [6, 6.07) is 7.33. The van der Waals surface area contributed by atoms with Crippen LogP contribution in [-0.2, 0) is 0 Å². The molecule has 0 unspecified atom stereocenters. The van der Waals surface area contributed by atoms with Crippen molar-refractivity contribution in [3.05, 3.63) is 35.5 Å². The molecule has 0 spiro atoms. The van der Waals surface area contributed by atoms with Gasteiger partial charge in [0.05, 0.1) is 6.61 Å². The molecule has 0 amide bonds. The Morgan fingerprint density at radius 2 is 1.96 bits per heavy atom. The van der Waals surface area contributed by atoms with Crippen molar-refractivity contribution in [1.29, 1.82) is 0 Å². The van der Waals surface area contributed by atoms with Crippen LogP contribution in [0.15, 0.2) is 30.3 Å². The highest BCUT2D eigenvalue weighted by molar-refractivity contribution is 5.63. The molecule has 1 heterocycles. The minimum absolute atomic E-state index is 0.0392. The number of benzene rings is 1. The molecule has 0 bridgehead atoms. The van der Waals surface area contributed by atoms with Crippen molar-refractivity contribution >= 4 is 5.82 Å². The van der Waals surface area contributed by atoms with Gasteiger partial charge in [0, 0.05) is 11.6 Å². The van der Waals surface area contributed by atoms with Crippen LogP contribution in [0.25, 0.3) is 11.3 Å². The van der Waals surface area contributed by atoms with Crippen LogP contribution in [0.3, 0.4) is 0 Å². The fourth-order valence-electron chi connectivity index (χ4n) is 1.80. The highest BCUT2D eigenvalue weighted by Crippen LogP contribution is 2.33. The van der Waals surface area contributed by atoms with E-state index in [-0.39, 0.29) is 28.1 Å². The van der Waals surface area contributed by atoms with E-state index in [1.807, 2.05) is 13.8 Å². The van der Waals surface area contributed by atoms with Crippen LogP contribution in [-0.4, -0.2) is 18.3 Å². The molecule has 2 rings (SSSR count). The van der Waals surface area contributed by atoms with Gasteiger partial charge in [-0.3, -0.25) is 5.73 Å². The average Bonchev–Trinajstić information content (AvgIpc) is 2.48. The summed E-state index contributed by atoms with van der Waals surface area (Å²) in [5.74, 6) is 0.251. The SMILES string of the molecule is CC(C)COc1cc(-c2ccc(N)[n+]([O-])n2)ccc1OC(F)F. The van der Waals surface area contributed by atoms with Crippen molar-refractivity contribution < 1.29 is 23.1 Å². The van der Waals surface area contributed by atoms with Gasteiger partial charge in [-0.05, 0) is 30.2 Å². The molecule has 6 nitrogen and oxygen atoms in total. The van der Waals surface area contributed by atoms with Gasteiger partial charge in [-0.2, -0.15) is 8.78 Å². The lowest BCUT2D eigenvalue weighted by Crippen LogP contribution is -2.34. The number of ether oxygens (including phenoxy) is 2. The zero-order chi connectivity index (χ0) is 17.0. The van der Waals surface area contributed by atoms with Crippen LogP contribution in [0.1, 0.15) is 13.8 Å². The maximum absolute atomic E-state index is 12.5. The number of nitrogen functional groups attached to an aromatic ring is 1. The molecular weight excluding hydrogens is 308 g/mol. The molecule has 23 heavy (non-hydrogen) atoms. The van der Waals surface area contributed by atoms with Crippen molar-refractivity contribution in [3.63, 3.8) is 0 Å². The maximum atomic E-state index is 12.5. The van der Waals surface area contributed by atoms with Crippen LogP contribution in [0.5, 0.6) is 11.5 Å². The lowest BCUT2D eigenvalue weighted by molar-refractivity contribution is -0.653. The third kappa shape index (κ3) is 4.41. The van der Waals surface area contributed by atoms with Gasteiger partial charge in [0.25, 0.3) is 5.82 Å². The number of hydrogen-bond acceptors (Lipinski definition) is 5. The second-order valence-electron chi connectivity index (χ2n) is 5.26. The Morgan fingerprint density at radius 1 is 1.22 bits per heavy atom. The summed E-state index contributed by atoms with van der Waals surface area (Å²) in [7, 11) is 0. The molecule has 0 radical (unpaired) electrons. The predicted octanol–water partition coefficient (Wildman–Crippen LogP) is 2.60. The molecule has 0 atom stereocenters. The summed E-state index contributed by atoms with van der Waals surface area (Å²) in [5, 5.41) is 15.2. The number of nitrogens with two attached hydrogens (primary N) is 1. The number of aromatic nitrogens is 2. The summed E-state index contributed by atoms with van der Waals surface area (Å²) in [4.78, 5) is 0.285. The molecule has 0 aliphatic heterocycles. The first-order valence-corrected chi connectivity index (χ1v) is 6.95. The quantitative estimate of drug-likeness (QED) is 0.652. The maximum Gasteiger partial charge on any atom is 0.387 e. The molecule has 124 valence electrons. The summed E-state index contributed by atoms with van der Waals surface area (Å²) in [6.45, 7) is 1.24. The van der Waals surface area contributed by atoms with Gasteiger partial charge in [-0.1, -0.05) is 18.9 Å². The van der Waals surface area contributed by atoms with E-state index in [1.54, 1.807) is 6.07 Å². The number of alkyl halides is 2. The summed E-state index contributed by atoms with van der Waals surface area (Å²) >= 11 is 0. The molecule has 0 aliphatic rings. The van der Waals surface area contributed by atoms with E-state index in [4.69, 9.17) is 10.5 Å². The molecule has 1 aromatic heterocycles.